The molecule has 0 radical (unpaired) electrons. The molecular weight excluding hydrogens is 434 g/mol. The smallest absolute Gasteiger partial charge is 0.230 e. The van der Waals surface area contributed by atoms with Gasteiger partial charge in [0.1, 0.15) is 0 Å². The van der Waals surface area contributed by atoms with Crippen LogP contribution in [-0.4, -0.2) is 45.9 Å². The Labute approximate surface area is 197 Å². The van der Waals surface area contributed by atoms with Crippen molar-refractivity contribution in [1.82, 2.24) is 15.0 Å². The second-order valence-corrected chi connectivity index (χ2v) is 8.42. The number of aromatic nitrogens is 2. The third-order valence-corrected chi connectivity index (χ3v) is 5.73. The number of likely N-dealkylation sites (tertiary alicyclic amines) is 1. The quantitative estimate of drug-likeness (QED) is 0.579. The summed E-state index contributed by atoms with van der Waals surface area (Å²) in [7, 11) is 0. The van der Waals surface area contributed by atoms with Crippen molar-refractivity contribution in [2.24, 2.45) is 0 Å². The van der Waals surface area contributed by atoms with Gasteiger partial charge in [-0.15, -0.1) is 0 Å². The molecule has 0 bridgehead atoms. The molecule has 2 aromatic carbocycles. The number of carbonyl (C=O) groups is 3. The van der Waals surface area contributed by atoms with E-state index in [0.717, 1.165) is 24.0 Å². The second kappa shape index (κ2) is 10.3. The van der Waals surface area contributed by atoms with Crippen LogP contribution < -0.4 is 10.6 Å². The molecule has 3 amide bonds. The highest BCUT2D eigenvalue weighted by molar-refractivity contribution is 5.89. The van der Waals surface area contributed by atoms with Crippen molar-refractivity contribution in [3.05, 3.63) is 60.0 Å². The largest absolute Gasteiger partial charge is 0.342 e. The first-order valence-corrected chi connectivity index (χ1v) is 11.2. The Balaban J connectivity index is 1.30. The topological polar surface area (TPSA) is 117 Å². The zero-order valence-electron chi connectivity index (χ0n) is 19.2. The maximum Gasteiger partial charge on any atom is 0.230 e. The van der Waals surface area contributed by atoms with Crippen molar-refractivity contribution in [3.8, 4) is 11.4 Å². The summed E-state index contributed by atoms with van der Waals surface area (Å²) in [6, 6.07) is 14.6. The van der Waals surface area contributed by atoms with Gasteiger partial charge in [-0.2, -0.15) is 4.98 Å². The summed E-state index contributed by atoms with van der Waals surface area (Å²) in [6.07, 6.45) is 1.84. The molecule has 0 aliphatic carbocycles. The van der Waals surface area contributed by atoms with Crippen LogP contribution in [0.1, 0.15) is 44.1 Å². The summed E-state index contributed by atoms with van der Waals surface area (Å²) >= 11 is 0. The molecule has 1 aliphatic heterocycles. The Morgan fingerprint density at radius 1 is 0.912 bits per heavy atom. The highest BCUT2D eigenvalue weighted by Gasteiger charge is 2.27. The number of anilines is 2. The molecule has 0 saturated carbocycles. The number of benzene rings is 2. The minimum atomic E-state index is -0.126. The molecule has 9 heteroatoms. The number of amides is 3. The van der Waals surface area contributed by atoms with Crippen LogP contribution in [-0.2, 0) is 20.8 Å². The summed E-state index contributed by atoms with van der Waals surface area (Å²) in [6.45, 7) is 4.20. The number of hydrogen-bond donors (Lipinski definition) is 2. The molecule has 0 unspecified atom stereocenters. The van der Waals surface area contributed by atoms with Gasteiger partial charge in [-0.05, 0) is 54.8 Å². The highest BCUT2D eigenvalue weighted by atomic mass is 16.5. The number of nitrogens with one attached hydrogen (secondary N) is 2. The van der Waals surface area contributed by atoms with E-state index in [1.54, 1.807) is 24.3 Å². The Morgan fingerprint density at radius 2 is 1.47 bits per heavy atom. The number of hydrogen-bond acceptors (Lipinski definition) is 6. The molecule has 1 aromatic heterocycles. The monoisotopic (exact) mass is 461 g/mol. The van der Waals surface area contributed by atoms with Gasteiger partial charge in [0.2, 0.25) is 29.4 Å². The van der Waals surface area contributed by atoms with E-state index in [2.05, 4.69) is 20.8 Å². The summed E-state index contributed by atoms with van der Waals surface area (Å²) in [5, 5.41) is 9.56. The fourth-order valence-corrected chi connectivity index (χ4v) is 4.00. The van der Waals surface area contributed by atoms with E-state index in [0.29, 0.717) is 42.6 Å². The molecule has 4 rings (SSSR count). The maximum absolute atomic E-state index is 12.7. The van der Waals surface area contributed by atoms with Crippen LogP contribution in [0.25, 0.3) is 11.4 Å². The van der Waals surface area contributed by atoms with Crippen molar-refractivity contribution in [2.75, 3.05) is 23.7 Å². The first kappa shape index (κ1) is 23.2. The first-order chi connectivity index (χ1) is 16.4. The SMILES string of the molecule is CC(=O)Nc1ccc(CC(=O)N2CCC(c3nc(-c4ccc(NC(C)=O)cc4)no3)CC2)cc1. The van der Waals surface area contributed by atoms with Crippen LogP contribution in [0.5, 0.6) is 0 Å². The van der Waals surface area contributed by atoms with Crippen LogP contribution in [0.2, 0.25) is 0 Å². The normalized spacial score (nSPS) is 14.0. The van der Waals surface area contributed by atoms with Gasteiger partial charge in [-0.3, -0.25) is 14.4 Å². The Bertz CT molecular complexity index is 1160. The average molecular weight is 462 g/mol. The third kappa shape index (κ3) is 5.86. The van der Waals surface area contributed by atoms with Crippen molar-refractivity contribution >= 4 is 29.1 Å². The number of carbonyl (C=O) groups excluding carboxylic acids is 3. The van der Waals surface area contributed by atoms with E-state index in [1.807, 2.05) is 29.2 Å². The summed E-state index contributed by atoms with van der Waals surface area (Å²) in [5.74, 6) is 1.03. The number of rotatable bonds is 6. The van der Waals surface area contributed by atoms with Gasteiger partial charge in [-0.25, -0.2) is 0 Å². The van der Waals surface area contributed by atoms with Gasteiger partial charge in [0.25, 0.3) is 0 Å². The molecule has 34 heavy (non-hydrogen) atoms. The number of piperidine rings is 1. The lowest BCUT2D eigenvalue weighted by Gasteiger charge is -2.30. The lowest BCUT2D eigenvalue weighted by molar-refractivity contribution is -0.131. The summed E-state index contributed by atoms with van der Waals surface area (Å²) in [5.41, 5.74) is 3.14. The molecule has 3 aromatic rings. The zero-order chi connectivity index (χ0) is 24.1. The lowest BCUT2D eigenvalue weighted by Crippen LogP contribution is -2.38. The van der Waals surface area contributed by atoms with E-state index in [4.69, 9.17) is 4.52 Å². The van der Waals surface area contributed by atoms with Crippen LogP contribution >= 0.6 is 0 Å². The molecule has 1 aliphatic rings. The summed E-state index contributed by atoms with van der Waals surface area (Å²) in [4.78, 5) is 41.5. The first-order valence-electron chi connectivity index (χ1n) is 11.2. The van der Waals surface area contributed by atoms with Gasteiger partial charge < -0.3 is 20.1 Å². The standard InChI is InChI=1S/C25H27N5O4/c1-16(31)26-21-7-3-18(4-8-21)15-23(33)30-13-11-20(12-14-30)25-28-24(29-34-25)19-5-9-22(10-6-19)27-17(2)32/h3-10,20H,11-15H2,1-2H3,(H,26,31)(H,27,32). The predicted octanol–water partition coefficient (Wildman–Crippen LogP) is 3.60. The average Bonchev–Trinajstić information content (AvgIpc) is 3.30. The molecule has 9 nitrogen and oxygen atoms in total. The van der Waals surface area contributed by atoms with E-state index < -0.39 is 0 Å². The molecule has 2 heterocycles. The van der Waals surface area contributed by atoms with Crippen LogP contribution in [0.4, 0.5) is 11.4 Å². The van der Waals surface area contributed by atoms with Gasteiger partial charge in [-0.1, -0.05) is 17.3 Å². The van der Waals surface area contributed by atoms with Crippen LogP contribution in [0.15, 0.2) is 53.1 Å². The van der Waals surface area contributed by atoms with Crippen molar-refractivity contribution < 1.29 is 18.9 Å². The Morgan fingerprint density at radius 3 is 2.03 bits per heavy atom. The predicted molar refractivity (Wildman–Crippen MR) is 127 cm³/mol. The fourth-order valence-electron chi connectivity index (χ4n) is 4.00. The molecule has 1 fully saturated rings. The second-order valence-electron chi connectivity index (χ2n) is 8.42. The van der Waals surface area contributed by atoms with Gasteiger partial charge >= 0.3 is 0 Å². The minimum absolute atomic E-state index is 0.0798. The van der Waals surface area contributed by atoms with Gasteiger partial charge in [0.15, 0.2) is 0 Å². The fraction of sp³-hybridized carbons (Fsp3) is 0.320. The van der Waals surface area contributed by atoms with Crippen LogP contribution in [0.3, 0.4) is 0 Å². The lowest BCUT2D eigenvalue weighted by atomic mass is 9.96. The molecular formula is C25H27N5O4. The third-order valence-electron chi connectivity index (χ3n) is 5.73. The number of nitrogens with zero attached hydrogens (tertiary/aromatic N) is 3. The van der Waals surface area contributed by atoms with Gasteiger partial charge in [0, 0.05) is 49.8 Å². The van der Waals surface area contributed by atoms with E-state index in [9.17, 15) is 14.4 Å². The van der Waals surface area contributed by atoms with E-state index >= 15 is 0 Å². The molecule has 0 spiro atoms. The molecule has 0 atom stereocenters. The minimum Gasteiger partial charge on any atom is -0.342 e. The zero-order valence-corrected chi connectivity index (χ0v) is 19.2. The molecule has 1 saturated heterocycles. The van der Waals surface area contributed by atoms with Crippen molar-refractivity contribution in [1.29, 1.82) is 0 Å². The molecule has 176 valence electrons. The van der Waals surface area contributed by atoms with Crippen molar-refractivity contribution in [2.45, 2.75) is 39.0 Å². The van der Waals surface area contributed by atoms with E-state index in [-0.39, 0.29) is 23.6 Å². The Kier molecular flexibility index (Phi) is 7.01. The maximum atomic E-state index is 12.7. The Hall–Kier alpha value is -4.01. The van der Waals surface area contributed by atoms with Gasteiger partial charge in [0.05, 0.1) is 6.42 Å². The van der Waals surface area contributed by atoms with E-state index in [1.165, 1.54) is 13.8 Å². The van der Waals surface area contributed by atoms with Crippen molar-refractivity contribution in [3.63, 3.8) is 0 Å². The van der Waals surface area contributed by atoms with Crippen LogP contribution in [0, 0.1) is 0 Å². The molecule has 2 N–H and O–H groups in total. The highest BCUT2D eigenvalue weighted by Crippen LogP contribution is 2.29. The summed E-state index contributed by atoms with van der Waals surface area (Å²) < 4.78 is 5.52.